The molecule has 0 saturated carbocycles. The van der Waals surface area contributed by atoms with E-state index in [9.17, 15) is 19.2 Å². The SMILES string of the molecule is CCC(CC)C(=O)C(CCCCC(C)C)C(=O)OOC(=O)C(CCCCC(C)C)C(=O)C(CC)CC. The molecule has 0 rings (SSSR count). The fraction of sp³-hybridized carbons (Fsp3) is 0.867. The molecule has 0 aliphatic rings. The second-order valence-electron chi connectivity index (χ2n) is 11.1. The topological polar surface area (TPSA) is 86.7 Å². The van der Waals surface area contributed by atoms with E-state index >= 15 is 0 Å². The first-order chi connectivity index (χ1) is 17.0. The summed E-state index contributed by atoms with van der Waals surface area (Å²) in [7, 11) is 0. The van der Waals surface area contributed by atoms with E-state index in [1.807, 2.05) is 27.7 Å². The van der Waals surface area contributed by atoms with E-state index in [0.29, 0.717) is 50.4 Å². The van der Waals surface area contributed by atoms with Gasteiger partial charge in [-0.05, 0) is 50.4 Å². The second kappa shape index (κ2) is 19.4. The highest BCUT2D eigenvalue weighted by atomic mass is 17.2. The third kappa shape index (κ3) is 13.0. The molecule has 0 radical (unpaired) electrons. The van der Waals surface area contributed by atoms with Gasteiger partial charge in [-0.3, -0.25) is 9.59 Å². The fourth-order valence-electron chi connectivity index (χ4n) is 4.70. The molecule has 0 heterocycles. The van der Waals surface area contributed by atoms with Crippen LogP contribution in [0.1, 0.15) is 132 Å². The van der Waals surface area contributed by atoms with Crippen LogP contribution in [0.4, 0.5) is 0 Å². The molecule has 2 unspecified atom stereocenters. The van der Waals surface area contributed by atoms with Gasteiger partial charge in [-0.25, -0.2) is 19.4 Å². The van der Waals surface area contributed by atoms with Gasteiger partial charge in [0.1, 0.15) is 23.4 Å². The Hall–Kier alpha value is -1.72. The zero-order chi connectivity index (χ0) is 27.7. The summed E-state index contributed by atoms with van der Waals surface area (Å²) < 4.78 is 0. The summed E-state index contributed by atoms with van der Waals surface area (Å²) in [6, 6.07) is 0. The van der Waals surface area contributed by atoms with Crippen molar-refractivity contribution in [2.24, 2.45) is 35.5 Å². The number of carbonyl (C=O) groups excluding carboxylic acids is 4. The number of Topliss-reactive ketones (excluding diaryl/α,β-unsaturated/α-hetero) is 2. The molecule has 0 aliphatic heterocycles. The Morgan fingerprint density at radius 2 is 0.778 bits per heavy atom. The molecule has 0 aromatic carbocycles. The predicted octanol–water partition coefficient (Wildman–Crippen LogP) is 7.66. The zero-order valence-corrected chi connectivity index (χ0v) is 24.4. The normalized spacial score (nSPS) is 13.3. The van der Waals surface area contributed by atoms with Gasteiger partial charge in [-0.2, -0.15) is 0 Å². The summed E-state index contributed by atoms with van der Waals surface area (Å²) in [5, 5.41) is 0. The molecule has 0 bridgehead atoms. The number of rotatable bonds is 20. The van der Waals surface area contributed by atoms with E-state index in [0.717, 1.165) is 38.5 Å². The minimum Gasteiger partial charge on any atom is -0.298 e. The summed E-state index contributed by atoms with van der Waals surface area (Å²) >= 11 is 0. The summed E-state index contributed by atoms with van der Waals surface area (Å²) in [5.41, 5.74) is 0. The Morgan fingerprint density at radius 3 is 1.03 bits per heavy atom. The summed E-state index contributed by atoms with van der Waals surface area (Å²) in [4.78, 5) is 61.9. The van der Waals surface area contributed by atoms with Crippen LogP contribution in [-0.4, -0.2) is 23.5 Å². The minimum absolute atomic E-state index is 0.149. The Labute approximate surface area is 220 Å². The van der Waals surface area contributed by atoms with Crippen molar-refractivity contribution >= 4 is 23.5 Å². The average Bonchev–Trinajstić information content (AvgIpc) is 2.83. The van der Waals surface area contributed by atoms with Gasteiger partial charge < -0.3 is 0 Å². The molecule has 0 spiro atoms. The standard InChI is InChI=1S/C30H54O6/c1-9-23(10-2)27(31)25(19-15-13-17-21(5)6)29(33)35-36-30(34)26(20-16-14-18-22(7)8)28(32)24(11-3)12-4/h21-26H,9-20H2,1-8H3. The lowest BCUT2D eigenvalue weighted by atomic mass is 9.85. The Morgan fingerprint density at radius 1 is 0.500 bits per heavy atom. The third-order valence-electron chi connectivity index (χ3n) is 7.29. The summed E-state index contributed by atoms with van der Waals surface area (Å²) in [6.45, 7) is 16.3. The van der Waals surface area contributed by atoms with Crippen molar-refractivity contribution in [3.8, 4) is 0 Å². The van der Waals surface area contributed by atoms with E-state index in [1.54, 1.807) is 0 Å². The van der Waals surface area contributed by atoms with Gasteiger partial charge in [0.25, 0.3) is 0 Å². The number of hydrogen-bond acceptors (Lipinski definition) is 6. The van der Waals surface area contributed by atoms with Crippen molar-refractivity contribution in [3.05, 3.63) is 0 Å². The molecular formula is C30H54O6. The molecule has 0 aromatic heterocycles. The molecule has 210 valence electrons. The van der Waals surface area contributed by atoms with Gasteiger partial charge in [-0.1, -0.05) is 93.9 Å². The molecule has 0 fully saturated rings. The molecule has 0 aromatic rings. The van der Waals surface area contributed by atoms with Crippen LogP contribution in [0.3, 0.4) is 0 Å². The van der Waals surface area contributed by atoms with Crippen LogP contribution < -0.4 is 0 Å². The Kier molecular flexibility index (Phi) is 18.5. The quantitative estimate of drug-likeness (QED) is 0.0723. The Balaban J connectivity index is 5.36. The molecule has 0 N–H and O–H groups in total. The van der Waals surface area contributed by atoms with Crippen LogP contribution in [0.2, 0.25) is 0 Å². The molecule has 2 atom stereocenters. The smallest absolute Gasteiger partial charge is 0.298 e. The van der Waals surface area contributed by atoms with Crippen LogP contribution in [0.15, 0.2) is 0 Å². The van der Waals surface area contributed by atoms with Crippen molar-refractivity contribution in [3.63, 3.8) is 0 Å². The monoisotopic (exact) mass is 510 g/mol. The van der Waals surface area contributed by atoms with Crippen molar-refractivity contribution in [2.45, 2.75) is 132 Å². The molecule has 0 aliphatic carbocycles. The van der Waals surface area contributed by atoms with Crippen LogP contribution in [-0.2, 0) is 29.0 Å². The van der Waals surface area contributed by atoms with Crippen LogP contribution in [0, 0.1) is 35.5 Å². The van der Waals surface area contributed by atoms with Gasteiger partial charge in [0.2, 0.25) is 0 Å². The molecular weight excluding hydrogens is 456 g/mol. The molecule has 6 heteroatoms. The minimum atomic E-state index is -0.950. The summed E-state index contributed by atoms with van der Waals surface area (Å²) in [6.07, 6.45) is 8.67. The highest BCUT2D eigenvalue weighted by Gasteiger charge is 2.36. The first-order valence-corrected chi connectivity index (χ1v) is 14.5. The maximum absolute atomic E-state index is 13.1. The van der Waals surface area contributed by atoms with Crippen molar-refractivity contribution in [2.75, 3.05) is 0 Å². The zero-order valence-electron chi connectivity index (χ0n) is 24.4. The van der Waals surface area contributed by atoms with E-state index < -0.39 is 23.8 Å². The molecule has 6 nitrogen and oxygen atoms in total. The summed E-state index contributed by atoms with van der Waals surface area (Å²) in [5.74, 6) is -3.19. The fourth-order valence-corrected chi connectivity index (χ4v) is 4.70. The van der Waals surface area contributed by atoms with Crippen molar-refractivity contribution < 1.29 is 29.0 Å². The third-order valence-corrected chi connectivity index (χ3v) is 7.29. The van der Waals surface area contributed by atoms with Crippen molar-refractivity contribution in [1.82, 2.24) is 0 Å². The lowest BCUT2D eigenvalue weighted by Gasteiger charge is -2.21. The highest BCUT2D eigenvalue weighted by molar-refractivity contribution is 6.01. The van der Waals surface area contributed by atoms with Gasteiger partial charge in [0.15, 0.2) is 0 Å². The largest absolute Gasteiger partial charge is 0.365 e. The number of hydrogen-bond donors (Lipinski definition) is 0. The molecule has 0 saturated heterocycles. The maximum atomic E-state index is 13.1. The van der Waals surface area contributed by atoms with Crippen LogP contribution in [0.25, 0.3) is 0 Å². The highest BCUT2D eigenvalue weighted by Crippen LogP contribution is 2.25. The van der Waals surface area contributed by atoms with Gasteiger partial charge in [0, 0.05) is 11.8 Å². The number of unbranched alkanes of at least 4 members (excludes halogenated alkanes) is 2. The first kappa shape index (κ1) is 34.3. The van der Waals surface area contributed by atoms with E-state index in [1.165, 1.54) is 0 Å². The van der Waals surface area contributed by atoms with Crippen LogP contribution >= 0.6 is 0 Å². The van der Waals surface area contributed by atoms with Gasteiger partial charge >= 0.3 is 11.9 Å². The number of carbonyl (C=O) groups is 4. The maximum Gasteiger partial charge on any atom is 0.365 e. The first-order valence-electron chi connectivity index (χ1n) is 14.5. The van der Waals surface area contributed by atoms with Crippen molar-refractivity contribution in [1.29, 1.82) is 0 Å². The lowest BCUT2D eigenvalue weighted by molar-refractivity contribution is -0.264. The van der Waals surface area contributed by atoms with E-state index in [4.69, 9.17) is 9.78 Å². The van der Waals surface area contributed by atoms with Crippen LogP contribution in [0.5, 0.6) is 0 Å². The predicted molar refractivity (Wildman–Crippen MR) is 144 cm³/mol. The van der Waals surface area contributed by atoms with E-state index in [-0.39, 0.29) is 23.4 Å². The van der Waals surface area contributed by atoms with Gasteiger partial charge in [-0.15, -0.1) is 0 Å². The molecule has 0 amide bonds. The van der Waals surface area contributed by atoms with E-state index in [2.05, 4.69) is 27.7 Å². The lowest BCUT2D eigenvalue weighted by Crippen LogP contribution is -2.34. The molecule has 36 heavy (non-hydrogen) atoms. The number of ketones is 2. The average molecular weight is 511 g/mol. The Bertz CT molecular complexity index is 590. The van der Waals surface area contributed by atoms with Gasteiger partial charge in [0.05, 0.1) is 0 Å². The second-order valence-corrected chi connectivity index (χ2v) is 11.1.